The van der Waals surface area contributed by atoms with Crippen LogP contribution in [0.2, 0.25) is 0 Å². The number of rotatable bonds is 2. The minimum atomic E-state index is 0. The summed E-state index contributed by atoms with van der Waals surface area (Å²) in [5.41, 5.74) is 0.204. The van der Waals surface area contributed by atoms with Crippen LogP contribution in [0.1, 0.15) is 53.4 Å². The van der Waals surface area contributed by atoms with Crippen LogP contribution in [0.15, 0.2) is 4.99 Å². The highest BCUT2D eigenvalue weighted by Crippen LogP contribution is 2.33. The first kappa shape index (κ1) is 21.0. The smallest absolute Gasteiger partial charge is 0.193 e. The normalized spacial score (nSPS) is 29.9. The van der Waals surface area contributed by atoms with Crippen molar-refractivity contribution in [1.82, 2.24) is 10.2 Å². The van der Waals surface area contributed by atoms with Crippen LogP contribution in [0.3, 0.4) is 0 Å². The highest BCUT2D eigenvalue weighted by atomic mass is 127. The second-order valence-electron chi connectivity index (χ2n) is 8.18. The van der Waals surface area contributed by atoms with Gasteiger partial charge in [-0.2, -0.15) is 0 Å². The zero-order valence-corrected chi connectivity index (χ0v) is 17.9. The fourth-order valence-electron chi connectivity index (χ4n) is 3.95. The summed E-state index contributed by atoms with van der Waals surface area (Å²) in [6.07, 6.45) is 5.39. The Labute approximate surface area is 159 Å². The summed E-state index contributed by atoms with van der Waals surface area (Å²) in [5, 5.41) is 3.63. The van der Waals surface area contributed by atoms with Crippen LogP contribution in [-0.4, -0.2) is 50.3 Å². The van der Waals surface area contributed by atoms with E-state index in [1.807, 2.05) is 7.05 Å². The van der Waals surface area contributed by atoms with Crippen LogP contribution in [0.5, 0.6) is 0 Å². The summed E-state index contributed by atoms with van der Waals surface area (Å²) < 4.78 is 6.09. The van der Waals surface area contributed by atoms with Gasteiger partial charge in [-0.1, -0.05) is 27.7 Å². The number of hydrogen-bond acceptors (Lipinski definition) is 2. The van der Waals surface area contributed by atoms with Crippen molar-refractivity contribution in [2.24, 2.45) is 22.2 Å². The monoisotopic (exact) mass is 437 g/mol. The predicted octanol–water partition coefficient (Wildman–Crippen LogP) is 3.75. The molecule has 0 aromatic rings. The lowest BCUT2D eigenvalue weighted by molar-refractivity contribution is -0.0836. The van der Waals surface area contributed by atoms with Gasteiger partial charge in [0.25, 0.3) is 0 Å². The van der Waals surface area contributed by atoms with E-state index in [0.29, 0.717) is 12.0 Å². The van der Waals surface area contributed by atoms with Gasteiger partial charge in [0.1, 0.15) is 0 Å². The Balaban J connectivity index is 0.00000264. The van der Waals surface area contributed by atoms with E-state index in [1.54, 1.807) is 0 Å². The minimum absolute atomic E-state index is 0. The third kappa shape index (κ3) is 6.07. The van der Waals surface area contributed by atoms with Gasteiger partial charge in [-0.15, -0.1) is 24.0 Å². The topological polar surface area (TPSA) is 36.9 Å². The molecule has 0 amide bonds. The molecule has 5 heteroatoms. The van der Waals surface area contributed by atoms with Crippen molar-refractivity contribution in [3.63, 3.8) is 0 Å². The summed E-state index contributed by atoms with van der Waals surface area (Å²) in [4.78, 5) is 6.93. The number of hydrogen-bond donors (Lipinski definition) is 1. The number of nitrogens with zero attached hydrogens (tertiary/aromatic N) is 2. The van der Waals surface area contributed by atoms with E-state index < -0.39 is 0 Å². The van der Waals surface area contributed by atoms with Crippen LogP contribution >= 0.6 is 24.0 Å². The molecule has 2 aliphatic heterocycles. The van der Waals surface area contributed by atoms with Crippen molar-refractivity contribution < 1.29 is 4.74 Å². The maximum atomic E-state index is 6.09. The van der Waals surface area contributed by atoms with Gasteiger partial charge in [0.05, 0.1) is 6.10 Å². The highest BCUT2D eigenvalue weighted by molar-refractivity contribution is 14.0. The van der Waals surface area contributed by atoms with Crippen molar-refractivity contribution in [3.05, 3.63) is 0 Å². The zero-order chi connectivity index (χ0) is 16.2. The van der Waals surface area contributed by atoms with E-state index in [2.05, 4.69) is 42.9 Å². The third-order valence-corrected chi connectivity index (χ3v) is 4.99. The van der Waals surface area contributed by atoms with Crippen LogP contribution in [-0.2, 0) is 4.74 Å². The van der Waals surface area contributed by atoms with Gasteiger partial charge >= 0.3 is 0 Å². The fraction of sp³-hybridized carbons (Fsp3) is 0.944. The first-order valence-electron chi connectivity index (χ1n) is 8.99. The Morgan fingerprint density at radius 2 is 2.00 bits per heavy atom. The minimum Gasteiger partial charge on any atom is -0.377 e. The van der Waals surface area contributed by atoms with E-state index >= 15 is 0 Å². The molecule has 0 aromatic heterocycles. The number of likely N-dealkylation sites (tertiary alicyclic amines) is 1. The molecule has 2 heterocycles. The van der Waals surface area contributed by atoms with Crippen LogP contribution < -0.4 is 5.32 Å². The molecule has 4 nitrogen and oxygen atoms in total. The third-order valence-electron chi connectivity index (χ3n) is 4.99. The van der Waals surface area contributed by atoms with Crippen molar-refractivity contribution in [2.45, 2.75) is 59.5 Å². The quantitative estimate of drug-likeness (QED) is 0.406. The highest BCUT2D eigenvalue weighted by Gasteiger charge is 2.35. The molecule has 3 atom stereocenters. The zero-order valence-electron chi connectivity index (χ0n) is 15.6. The number of aliphatic imine (C=N–C) groups is 1. The SMILES string of the molecule is CN=C(NCC1CCCOC1C(C)(C)C)N1CCCC(C)C1.I. The van der Waals surface area contributed by atoms with Crippen molar-refractivity contribution in [1.29, 1.82) is 0 Å². The first-order valence-corrected chi connectivity index (χ1v) is 8.99. The Morgan fingerprint density at radius 1 is 1.26 bits per heavy atom. The molecule has 0 aromatic carbocycles. The molecule has 3 unspecified atom stereocenters. The van der Waals surface area contributed by atoms with Crippen molar-refractivity contribution in [2.75, 3.05) is 33.3 Å². The summed E-state index contributed by atoms with van der Waals surface area (Å²) in [6.45, 7) is 13.4. The van der Waals surface area contributed by atoms with Crippen LogP contribution in [0.25, 0.3) is 0 Å². The molecule has 2 aliphatic rings. The van der Waals surface area contributed by atoms with E-state index in [1.165, 1.54) is 25.7 Å². The second kappa shape index (κ2) is 9.44. The van der Waals surface area contributed by atoms with Gasteiger partial charge in [0, 0.05) is 39.2 Å². The predicted molar refractivity (Wildman–Crippen MR) is 109 cm³/mol. The molecule has 0 aliphatic carbocycles. The van der Waals surface area contributed by atoms with Crippen LogP contribution in [0, 0.1) is 17.3 Å². The fourth-order valence-corrected chi connectivity index (χ4v) is 3.95. The Morgan fingerprint density at radius 3 is 2.61 bits per heavy atom. The first-order chi connectivity index (χ1) is 10.4. The lowest BCUT2D eigenvalue weighted by atomic mass is 9.78. The summed E-state index contributed by atoms with van der Waals surface area (Å²) in [7, 11) is 1.90. The standard InChI is InChI=1S/C18H35N3O.HI/c1-14-8-6-10-21(13-14)17(19-5)20-12-15-9-7-11-22-16(15)18(2,3)4;/h14-16H,6-13H2,1-5H3,(H,19,20);1H. The molecule has 1 N–H and O–H groups in total. The van der Waals surface area contributed by atoms with Crippen molar-refractivity contribution in [3.8, 4) is 0 Å². The van der Waals surface area contributed by atoms with E-state index in [0.717, 1.165) is 38.1 Å². The molecule has 0 bridgehead atoms. The Bertz CT molecular complexity index is 381. The average molecular weight is 437 g/mol. The number of halogens is 1. The number of piperidine rings is 1. The number of ether oxygens (including phenoxy) is 1. The molecule has 23 heavy (non-hydrogen) atoms. The largest absolute Gasteiger partial charge is 0.377 e. The molecule has 2 rings (SSSR count). The number of guanidine groups is 1. The van der Waals surface area contributed by atoms with E-state index in [4.69, 9.17) is 4.74 Å². The molecule has 136 valence electrons. The maximum absolute atomic E-state index is 6.09. The van der Waals surface area contributed by atoms with Gasteiger partial charge in [-0.05, 0) is 37.0 Å². The average Bonchev–Trinajstić information content (AvgIpc) is 2.47. The van der Waals surface area contributed by atoms with E-state index in [9.17, 15) is 0 Å². The molecular formula is C18H36IN3O. The van der Waals surface area contributed by atoms with Gasteiger partial charge < -0.3 is 15.0 Å². The molecule has 0 spiro atoms. The van der Waals surface area contributed by atoms with Gasteiger partial charge in [-0.3, -0.25) is 4.99 Å². The Kier molecular flexibility index (Phi) is 8.63. The summed E-state index contributed by atoms with van der Waals surface area (Å²) >= 11 is 0. The lowest BCUT2D eigenvalue weighted by Gasteiger charge is -2.41. The van der Waals surface area contributed by atoms with Gasteiger partial charge in [-0.25, -0.2) is 0 Å². The van der Waals surface area contributed by atoms with E-state index in [-0.39, 0.29) is 29.4 Å². The molecule has 0 radical (unpaired) electrons. The second-order valence-corrected chi connectivity index (χ2v) is 8.18. The maximum Gasteiger partial charge on any atom is 0.193 e. The van der Waals surface area contributed by atoms with Crippen LogP contribution in [0.4, 0.5) is 0 Å². The van der Waals surface area contributed by atoms with Crippen molar-refractivity contribution >= 4 is 29.9 Å². The molecule has 2 fully saturated rings. The van der Waals surface area contributed by atoms with Gasteiger partial charge in [0.2, 0.25) is 0 Å². The molecule has 0 saturated carbocycles. The number of nitrogens with one attached hydrogen (secondary N) is 1. The summed E-state index contributed by atoms with van der Waals surface area (Å²) in [5.74, 6) is 2.42. The lowest BCUT2D eigenvalue weighted by Crippen LogP contribution is -2.50. The van der Waals surface area contributed by atoms with Gasteiger partial charge in [0.15, 0.2) is 5.96 Å². The molecule has 2 saturated heterocycles. The summed E-state index contributed by atoms with van der Waals surface area (Å²) in [6, 6.07) is 0. The Hall–Kier alpha value is -0.0400. The molecular weight excluding hydrogens is 401 g/mol.